The van der Waals surface area contributed by atoms with E-state index >= 15 is 0 Å². The van der Waals surface area contributed by atoms with Gasteiger partial charge in [-0.05, 0) is 34.1 Å². The molecule has 3 aromatic rings. The SMILES string of the molecule is COc1ccccc1Nc1ncc2c(n1)CCN(Cc1cc(Br)cs1)C2. The molecule has 1 aliphatic rings. The Hall–Kier alpha value is -1.96. The number of thiophene rings is 1. The predicted molar refractivity (Wildman–Crippen MR) is 108 cm³/mol. The number of fused-ring (bicyclic) bond motifs is 1. The van der Waals surface area contributed by atoms with Gasteiger partial charge in [0.15, 0.2) is 0 Å². The van der Waals surface area contributed by atoms with Crippen molar-refractivity contribution in [1.82, 2.24) is 14.9 Å². The van der Waals surface area contributed by atoms with Crippen LogP contribution in [-0.2, 0) is 19.5 Å². The highest BCUT2D eigenvalue weighted by Crippen LogP contribution is 2.27. The molecule has 1 aromatic carbocycles. The van der Waals surface area contributed by atoms with Crippen LogP contribution in [0.1, 0.15) is 16.1 Å². The second-order valence-electron chi connectivity index (χ2n) is 6.18. The average molecular weight is 431 g/mol. The van der Waals surface area contributed by atoms with Gasteiger partial charge in [0.1, 0.15) is 5.75 Å². The second-order valence-corrected chi connectivity index (χ2v) is 8.09. The molecule has 0 atom stereocenters. The molecule has 1 N–H and O–H groups in total. The summed E-state index contributed by atoms with van der Waals surface area (Å²) in [5, 5.41) is 5.39. The van der Waals surface area contributed by atoms with Crippen molar-refractivity contribution in [2.45, 2.75) is 19.5 Å². The normalized spacial score (nSPS) is 14.1. The second kappa shape index (κ2) is 7.73. The number of anilines is 2. The Morgan fingerprint density at radius 3 is 3.04 bits per heavy atom. The lowest BCUT2D eigenvalue weighted by Gasteiger charge is -2.27. The summed E-state index contributed by atoms with van der Waals surface area (Å²) in [5.41, 5.74) is 3.20. The van der Waals surface area contributed by atoms with Gasteiger partial charge in [0.25, 0.3) is 0 Å². The van der Waals surface area contributed by atoms with Crippen molar-refractivity contribution in [3.05, 3.63) is 62.5 Å². The average Bonchev–Trinajstić information content (AvgIpc) is 3.07. The molecule has 0 unspecified atom stereocenters. The van der Waals surface area contributed by atoms with E-state index in [1.54, 1.807) is 18.4 Å². The molecule has 0 bridgehead atoms. The Kier molecular flexibility index (Phi) is 5.19. The summed E-state index contributed by atoms with van der Waals surface area (Å²) in [4.78, 5) is 13.0. The summed E-state index contributed by atoms with van der Waals surface area (Å²) >= 11 is 5.31. The van der Waals surface area contributed by atoms with E-state index in [-0.39, 0.29) is 0 Å². The molecule has 0 aliphatic carbocycles. The number of nitrogens with one attached hydrogen (secondary N) is 1. The van der Waals surface area contributed by atoms with Crippen molar-refractivity contribution in [1.29, 1.82) is 0 Å². The molecule has 0 fully saturated rings. The molecule has 0 radical (unpaired) electrons. The number of halogens is 1. The van der Waals surface area contributed by atoms with Gasteiger partial charge < -0.3 is 10.1 Å². The fourth-order valence-corrected chi connectivity index (χ4v) is 4.59. The molecule has 0 spiro atoms. The van der Waals surface area contributed by atoms with Crippen LogP contribution in [0.2, 0.25) is 0 Å². The fraction of sp³-hybridized carbons (Fsp3) is 0.263. The molecule has 5 nitrogen and oxygen atoms in total. The smallest absolute Gasteiger partial charge is 0.227 e. The minimum absolute atomic E-state index is 0.615. The zero-order valence-electron chi connectivity index (χ0n) is 14.4. The topological polar surface area (TPSA) is 50.3 Å². The molecule has 0 saturated carbocycles. The van der Waals surface area contributed by atoms with Gasteiger partial charge in [-0.3, -0.25) is 4.90 Å². The van der Waals surface area contributed by atoms with E-state index in [1.165, 1.54) is 10.4 Å². The number of aromatic nitrogens is 2. The van der Waals surface area contributed by atoms with Crippen LogP contribution >= 0.6 is 27.3 Å². The summed E-state index contributed by atoms with van der Waals surface area (Å²) in [6.45, 7) is 2.87. The summed E-state index contributed by atoms with van der Waals surface area (Å²) in [6.07, 6.45) is 2.88. The Morgan fingerprint density at radius 2 is 2.23 bits per heavy atom. The number of hydrogen-bond acceptors (Lipinski definition) is 6. The summed E-state index contributed by atoms with van der Waals surface area (Å²) < 4.78 is 6.53. The summed E-state index contributed by atoms with van der Waals surface area (Å²) in [6, 6.07) is 9.98. The maximum absolute atomic E-state index is 5.38. The summed E-state index contributed by atoms with van der Waals surface area (Å²) in [7, 11) is 1.66. The van der Waals surface area contributed by atoms with Gasteiger partial charge in [-0.2, -0.15) is 0 Å². The van der Waals surface area contributed by atoms with Gasteiger partial charge >= 0.3 is 0 Å². The molecular formula is C19H19BrN4OS. The molecule has 3 heterocycles. The van der Waals surface area contributed by atoms with Crippen LogP contribution in [0.5, 0.6) is 5.75 Å². The predicted octanol–water partition coefficient (Wildman–Crippen LogP) is 4.61. The van der Waals surface area contributed by atoms with Crippen molar-refractivity contribution in [2.24, 2.45) is 0 Å². The van der Waals surface area contributed by atoms with Crippen LogP contribution in [-0.4, -0.2) is 28.5 Å². The standard InChI is InChI=1S/C19H19BrN4OS/c1-25-18-5-3-2-4-17(18)23-19-21-9-13-10-24(7-6-16(13)22-19)11-15-8-14(20)12-26-15/h2-5,8-9,12H,6-7,10-11H2,1H3,(H,21,22,23). The van der Waals surface area contributed by atoms with Crippen LogP contribution in [0.25, 0.3) is 0 Å². The molecule has 1 aliphatic heterocycles. The van der Waals surface area contributed by atoms with Crippen LogP contribution < -0.4 is 10.1 Å². The zero-order chi connectivity index (χ0) is 17.9. The number of nitrogens with zero attached hydrogens (tertiary/aromatic N) is 3. The van der Waals surface area contributed by atoms with Crippen molar-refractivity contribution >= 4 is 38.9 Å². The van der Waals surface area contributed by atoms with E-state index in [9.17, 15) is 0 Å². The van der Waals surface area contributed by atoms with Crippen molar-refractivity contribution < 1.29 is 4.74 Å². The summed E-state index contributed by atoms with van der Waals surface area (Å²) in [5.74, 6) is 1.39. The quantitative estimate of drug-likeness (QED) is 0.640. The Balaban J connectivity index is 1.46. The molecule has 4 rings (SSSR count). The molecule has 2 aromatic heterocycles. The van der Waals surface area contributed by atoms with Gasteiger partial charge in [0.2, 0.25) is 5.95 Å². The zero-order valence-corrected chi connectivity index (χ0v) is 16.8. The molecule has 7 heteroatoms. The maximum atomic E-state index is 5.38. The van der Waals surface area contributed by atoms with Crippen LogP contribution in [0.3, 0.4) is 0 Å². The van der Waals surface area contributed by atoms with E-state index in [0.29, 0.717) is 5.95 Å². The molecule has 134 valence electrons. The first-order valence-corrected chi connectivity index (χ1v) is 10.1. The lowest BCUT2D eigenvalue weighted by atomic mass is 10.1. The van der Waals surface area contributed by atoms with Gasteiger partial charge in [0.05, 0.1) is 18.5 Å². The number of rotatable bonds is 5. The van der Waals surface area contributed by atoms with Crippen molar-refractivity contribution in [3.63, 3.8) is 0 Å². The van der Waals surface area contributed by atoms with Gasteiger partial charge in [-0.1, -0.05) is 12.1 Å². The Labute approximate surface area is 165 Å². The van der Waals surface area contributed by atoms with Gasteiger partial charge in [0, 0.05) is 52.5 Å². The first-order chi connectivity index (χ1) is 12.7. The number of methoxy groups -OCH3 is 1. The first-order valence-electron chi connectivity index (χ1n) is 8.41. The largest absolute Gasteiger partial charge is 0.495 e. The molecule has 0 saturated heterocycles. The van der Waals surface area contributed by atoms with Crippen molar-refractivity contribution in [2.75, 3.05) is 19.0 Å². The minimum Gasteiger partial charge on any atom is -0.495 e. The number of para-hydroxylation sites is 2. The molecule has 0 amide bonds. The van der Waals surface area contributed by atoms with E-state index < -0.39 is 0 Å². The molecule has 26 heavy (non-hydrogen) atoms. The molecular weight excluding hydrogens is 412 g/mol. The van der Waals surface area contributed by atoms with E-state index in [4.69, 9.17) is 9.72 Å². The maximum Gasteiger partial charge on any atom is 0.227 e. The number of ether oxygens (including phenoxy) is 1. The van der Waals surface area contributed by atoms with Crippen LogP contribution in [0.15, 0.2) is 46.4 Å². The highest BCUT2D eigenvalue weighted by atomic mass is 79.9. The fourth-order valence-electron chi connectivity index (χ4n) is 3.10. The van der Waals surface area contributed by atoms with Crippen LogP contribution in [0.4, 0.5) is 11.6 Å². The highest BCUT2D eigenvalue weighted by Gasteiger charge is 2.19. The number of hydrogen-bond donors (Lipinski definition) is 1. The van der Waals surface area contributed by atoms with E-state index in [2.05, 4.69) is 42.6 Å². The lowest BCUT2D eigenvalue weighted by molar-refractivity contribution is 0.245. The van der Waals surface area contributed by atoms with E-state index in [0.717, 1.165) is 47.7 Å². The van der Waals surface area contributed by atoms with Gasteiger partial charge in [-0.15, -0.1) is 11.3 Å². The number of benzene rings is 1. The third kappa shape index (κ3) is 3.90. The third-order valence-corrected chi connectivity index (χ3v) is 6.05. The minimum atomic E-state index is 0.615. The third-order valence-electron chi connectivity index (χ3n) is 4.37. The van der Waals surface area contributed by atoms with E-state index in [1.807, 2.05) is 30.5 Å². The lowest BCUT2D eigenvalue weighted by Crippen LogP contribution is -2.30. The van der Waals surface area contributed by atoms with Gasteiger partial charge in [-0.25, -0.2) is 9.97 Å². The Morgan fingerprint density at radius 1 is 1.35 bits per heavy atom. The first kappa shape index (κ1) is 17.5. The highest BCUT2D eigenvalue weighted by molar-refractivity contribution is 9.10. The van der Waals surface area contributed by atoms with Crippen LogP contribution in [0, 0.1) is 0 Å². The Bertz CT molecular complexity index is 914. The monoisotopic (exact) mass is 430 g/mol. The van der Waals surface area contributed by atoms with Crippen molar-refractivity contribution in [3.8, 4) is 5.75 Å².